The fourth-order valence-electron chi connectivity index (χ4n) is 3.88. The smallest absolute Gasteiger partial charge is 0.290 e. The maximum absolute atomic E-state index is 13.5. The topological polar surface area (TPSA) is 59.8 Å². The van der Waals surface area contributed by atoms with Crippen LogP contribution in [-0.4, -0.2) is 31.1 Å². The zero-order valence-corrected chi connectivity index (χ0v) is 17.4. The minimum absolute atomic E-state index is 0.128. The summed E-state index contributed by atoms with van der Waals surface area (Å²) in [6, 6.07) is 10.4. The summed E-state index contributed by atoms with van der Waals surface area (Å²) in [7, 11) is 1.62. The van der Waals surface area contributed by atoms with E-state index in [9.17, 15) is 9.59 Å². The molecule has 0 radical (unpaired) electrons. The largest absolute Gasteiger partial charge is 0.450 e. The van der Waals surface area contributed by atoms with Crippen molar-refractivity contribution in [2.45, 2.75) is 26.3 Å². The number of hydrogen-bond donors (Lipinski definition) is 0. The van der Waals surface area contributed by atoms with Gasteiger partial charge in [0.25, 0.3) is 5.91 Å². The second-order valence-electron chi connectivity index (χ2n) is 7.41. The Labute approximate surface area is 173 Å². The number of nitrogens with zero attached hydrogens (tertiary/aromatic N) is 1. The first-order valence-electron chi connectivity index (χ1n) is 9.55. The van der Waals surface area contributed by atoms with Gasteiger partial charge in [-0.15, -0.1) is 0 Å². The Kier molecular flexibility index (Phi) is 5.19. The van der Waals surface area contributed by atoms with Crippen LogP contribution in [0.4, 0.5) is 0 Å². The average molecular weight is 412 g/mol. The molecule has 3 aromatic rings. The van der Waals surface area contributed by atoms with Gasteiger partial charge in [0, 0.05) is 25.3 Å². The van der Waals surface area contributed by atoms with Gasteiger partial charge in [-0.1, -0.05) is 23.7 Å². The van der Waals surface area contributed by atoms with Crippen LogP contribution in [0.2, 0.25) is 5.02 Å². The molecule has 5 nitrogen and oxygen atoms in total. The Bertz CT molecular complexity index is 1150. The van der Waals surface area contributed by atoms with Crippen molar-refractivity contribution in [3.8, 4) is 0 Å². The van der Waals surface area contributed by atoms with Gasteiger partial charge in [-0.05, 0) is 61.2 Å². The predicted molar refractivity (Wildman–Crippen MR) is 113 cm³/mol. The van der Waals surface area contributed by atoms with Gasteiger partial charge in [-0.3, -0.25) is 9.59 Å². The summed E-state index contributed by atoms with van der Waals surface area (Å²) in [4.78, 5) is 28.4. The van der Waals surface area contributed by atoms with Crippen molar-refractivity contribution < 1.29 is 13.9 Å². The standard InChI is InChI=1S/C23H22ClNO4/c1-13-11-17-18(12-14(13)2)29-22-19(21(17)26)20(15-5-7-16(24)8-6-15)25(23(22)27)9-4-10-28-3/h5-8,11-12,20H,4,9-10H2,1-3H3. The first kappa shape index (κ1) is 19.7. The minimum atomic E-state index is -0.506. The zero-order valence-electron chi connectivity index (χ0n) is 16.6. The summed E-state index contributed by atoms with van der Waals surface area (Å²) >= 11 is 6.05. The third kappa shape index (κ3) is 3.34. The number of hydrogen-bond acceptors (Lipinski definition) is 4. The highest BCUT2D eigenvalue weighted by molar-refractivity contribution is 6.30. The lowest BCUT2D eigenvalue weighted by Crippen LogP contribution is -2.31. The van der Waals surface area contributed by atoms with Gasteiger partial charge < -0.3 is 14.1 Å². The zero-order chi connectivity index (χ0) is 20.7. The van der Waals surface area contributed by atoms with Crippen LogP contribution in [0.3, 0.4) is 0 Å². The maximum Gasteiger partial charge on any atom is 0.290 e. The van der Waals surface area contributed by atoms with Gasteiger partial charge in [0.2, 0.25) is 5.76 Å². The van der Waals surface area contributed by atoms with Crippen LogP contribution < -0.4 is 5.43 Å². The number of amides is 1. The van der Waals surface area contributed by atoms with Gasteiger partial charge in [-0.2, -0.15) is 0 Å². The summed E-state index contributed by atoms with van der Waals surface area (Å²) in [5.41, 5.74) is 3.52. The summed E-state index contributed by atoms with van der Waals surface area (Å²) in [5.74, 6) is -0.142. The fourth-order valence-corrected chi connectivity index (χ4v) is 4.00. The number of aryl methyl sites for hydroxylation is 2. The van der Waals surface area contributed by atoms with Crippen molar-refractivity contribution in [2.24, 2.45) is 0 Å². The molecule has 6 heteroatoms. The van der Waals surface area contributed by atoms with E-state index in [1.807, 2.05) is 38.1 Å². The normalized spacial score (nSPS) is 15.9. The quantitative estimate of drug-likeness (QED) is 0.573. The van der Waals surface area contributed by atoms with Crippen LogP contribution in [0.15, 0.2) is 45.6 Å². The summed E-state index contributed by atoms with van der Waals surface area (Å²) < 4.78 is 11.1. The lowest BCUT2D eigenvalue weighted by atomic mass is 9.97. The number of halogens is 1. The maximum atomic E-state index is 13.5. The Hall–Kier alpha value is -2.63. The molecule has 0 saturated heterocycles. The Morgan fingerprint density at radius 1 is 1.10 bits per heavy atom. The Balaban J connectivity index is 1.93. The molecule has 29 heavy (non-hydrogen) atoms. The molecule has 1 unspecified atom stereocenters. The lowest BCUT2D eigenvalue weighted by Gasteiger charge is -2.25. The molecule has 0 bridgehead atoms. The van der Waals surface area contributed by atoms with E-state index in [1.165, 1.54) is 0 Å². The summed E-state index contributed by atoms with van der Waals surface area (Å²) in [5, 5.41) is 1.10. The van der Waals surface area contributed by atoms with Gasteiger partial charge in [0.15, 0.2) is 5.43 Å². The molecule has 0 saturated carbocycles. The second kappa shape index (κ2) is 7.65. The molecule has 1 aliphatic rings. The molecule has 0 spiro atoms. The number of methoxy groups -OCH3 is 1. The van der Waals surface area contributed by atoms with E-state index < -0.39 is 6.04 Å². The highest BCUT2D eigenvalue weighted by Crippen LogP contribution is 2.38. The van der Waals surface area contributed by atoms with Crippen molar-refractivity contribution in [2.75, 3.05) is 20.3 Å². The minimum Gasteiger partial charge on any atom is -0.450 e. The van der Waals surface area contributed by atoms with E-state index in [-0.39, 0.29) is 17.1 Å². The number of carbonyl (C=O) groups excluding carboxylic acids is 1. The van der Waals surface area contributed by atoms with E-state index in [2.05, 4.69) is 0 Å². The van der Waals surface area contributed by atoms with Crippen LogP contribution in [0.5, 0.6) is 0 Å². The van der Waals surface area contributed by atoms with Crippen molar-refractivity contribution >= 4 is 28.5 Å². The molecule has 0 aliphatic carbocycles. The van der Waals surface area contributed by atoms with Gasteiger partial charge in [0.1, 0.15) is 5.58 Å². The van der Waals surface area contributed by atoms with E-state index >= 15 is 0 Å². The number of benzene rings is 2. The molecular weight excluding hydrogens is 390 g/mol. The van der Waals surface area contributed by atoms with Crippen molar-refractivity contribution in [1.29, 1.82) is 0 Å². The highest BCUT2D eigenvalue weighted by atomic mass is 35.5. The molecular formula is C23H22ClNO4. The van der Waals surface area contributed by atoms with Crippen molar-refractivity contribution in [1.82, 2.24) is 4.90 Å². The SMILES string of the molecule is COCCCN1C(=O)c2oc3cc(C)c(C)cc3c(=O)c2C1c1ccc(Cl)cc1. The average Bonchev–Trinajstić information content (AvgIpc) is 2.97. The molecule has 0 fully saturated rings. The summed E-state index contributed by atoms with van der Waals surface area (Å²) in [6.07, 6.45) is 0.659. The molecule has 1 amide bonds. The van der Waals surface area contributed by atoms with Crippen LogP contribution in [0, 0.1) is 13.8 Å². The van der Waals surface area contributed by atoms with Crippen molar-refractivity contribution in [3.05, 3.63) is 79.7 Å². The Morgan fingerprint density at radius 2 is 1.79 bits per heavy atom. The number of ether oxygens (including phenoxy) is 1. The highest BCUT2D eigenvalue weighted by Gasteiger charge is 2.42. The molecule has 150 valence electrons. The molecule has 1 aliphatic heterocycles. The van der Waals surface area contributed by atoms with Crippen LogP contribution in [0.1, 0.15) is 45.3 Å². The first-order valence-corrected chi connectivity index (χ1v) is 9.93. The second-order valence-corrected chi connectivity index (χ2v) is 7.84. The van der Waals surface area contributed by atoms with Crippen LogP contribution in [-0.2, 0) is 4.74 Å². The number of rotatable bonds is 5. The lowest BCUT2D eigenvalue weighted by molar-refractivity contribution is 0.0708. The van der Waals surface area contributed by atoms with Gasteiger partial charge in [0.05, 0.1) is 17.0 Å². The number of carbonyl (C=O) groups is 1. The molecule has 2 aromatic carbocycles. The molecule has 1 atom stereocenters. The molecule has 0 N–H and O–H groups in total. The van der Waals surface area contributed by atoms with E-state index in [4.69, 9.17) is 20.8 Å². The molecule has 2 heterocycles. The van der Waals surface area contributed by atoms with Crippen LogP contribution in [0.25, 0.3) is 11.0 Å². The van der Waals surface area contributed by atoms with Gasteiger partial charge >= 0.3 is 0 Å². The van der Waals surface area contributed by atoms with E-state index in [0.29, 0.717) is 41.1 Å². The van der Waals surface area contributed by atoms with Crippen molar-refractivity contribution in [3.63, 3.8) is 0 Å². The van der Waals surface area contributed by atoms with E-state index in [1.54, 1.807) is 24.1 Å². The van der Waals surface area contributed by atoms with Crippen LogP contribution >= 0.6 is 11.6 Å². The fraction of sp³-hybridized carbons (Fsp3) is 0.304. The predicted octanol–water partition coefficient (Wildman–Crippen LogP) is 4.64. The number of fused-ring (bicyclic) bond motifs is 2. The van der Waals surface area contributed by atoms with Gasteiger partial charge in [-0.25, -0.2) is 0 Å². The Morgan fingerprint density at radius 3 is 2.48 bits per heavy atom. The molecule has 4 rings (SSSR count). The monoisotopic (exact) mass is 411 g/mol. The van der Waals surface area contributed by atoms with E-state index in [0.717, 1.165) is 16.7 Å². The summed E-state index contributed by atoms with van der Waals surface area (Å²) in [6.45, 7) is 4.89. The third-order valence-corrected chi connectivity index (χ3v) is 5.77. The first-order chi connectivity index (χ1) is 13.9. The third-order valence-electron chi connectivity index (χ3n) is 5.52. The molecule has 1 aromatic heterocycles.